The SMILES string of the molecule is Cc1nn2c(N)ccnc2c1N.Cl.Cl. The Hall–Kier alpha value is -1.20. The molecule has 2 aromatic rings. The molecule has 4 N–H and O–H groups in total. The Morgan fingerprint density at radius 3 is 2.50 bits per heavy atom. The lowest BCUT2D eigenvalue weighted by atomic mass is 10.4. The number of rotatable bonds is 0. The van der Waals surface area contributed by atoms with E-state index in [0.29, 0.717) is 17.2 Å². The van der Waals surface area contributed by atoms with Crippen molar-refractivity contribution in [3.63, 3.8) is 0 Å². The van der Waals surface area contributed by atoms with Crippen LogP contribution in [0.5, 0.6) is 0 Å². The molecule has 78 valence electrons. The molecule has 7 heteroatoms. The third-order valence-corrected chi connectivity index (χ3v) is 1.77. The van der Waals surface area contributed by atoms with Crippen molar-refractivity contribution in [3.05, 3.63) is 18.0 Å². The molecule has 0 aliphatic carbocycles. The van der Waals surface area contributed by atoms with Crippen LogP contribution in [0.15, 0.2) is 12.3 Å². The van der Waals surface area contributed by atoms with Crippen molar-refractivity contribution in [1.82, 2.24) is 14.6 Å². The highest BCUT2D eigenvalue weighted by Gasteiger charge is 2.07. The van der Waals surface area contributed by atoms with E-state index >= 15 is 0 Å². The molecule has 0 aliphatic rings. The summed E-state index contributed by atoms with van der Waals surface area (Å²) >= 11 is 0. The lowest BCUT2D eigenvalue weighted by molar-refractivity contribution is 0.929. The van der Waals surface area contributed by atoms with Gasteiger partial charge in [-0.25, -0.2) is 4.98 Å². The molecule has 2 rings (SSSR count). The number of fused-ring (bicyclic) bond motifs is 1. The molecule has 0 atom stereocenters. The van der Waals surface area contributed by atoms with Crippen molar-refractivity contribution in [2.24, 2.45) is 0 Å². The molecule has 2 heterocycles. The van der Waals surface area contributed by atoms with E-state index in [1.54, 1.807) is 12.3 Å². The highest BCUT2D eigenvalue weighted by Crippen LogP contribution is 2.16. The zero-order valence-corrected chi connectivity index (χ0v) is 9.10. The van der Waals surface area contributed by atoms with Crippen LogP contribution in [-0.4, -0.2) is 14.6 Å². The molecule has 0 aliphatic heterocycles. The van der Waals surface area contributed by atoms with E-state index in [1.807, 2.05) is 6.92 Å². The number of nitrogens with two attached hydrogens (primary N) is 2. The molecular formula is C7H11Cl2N5. The number of halogens is 2. The fourth-order valence-electron chi connectivity index (χ4n) is 1.09. The monoisotopic (exact) mass is 235 g/mol. The number of nitrogen functional groups attached to an aromatic ring is 2. The molecule has 0 aromatic carbocycles. The maximum Gasteiger partial charge on any atom is 0.180 e. The molecule has 0 spiro atoms. The second-order valence-electron chi connectivity index (χ2n) is 2.60. The maximum atomic E-state index is 5.71. The maximum absolute atomic E-state index is 5.71. The first kappa shape index (κ1) is 12.8. The van der Waals surface area contributed by atoms with Gasteiger partial charge in [0, 0.05) is 6.20 Å². The average molecular weight is 236 g/mol. The summed E-state index contributed by atoms with van der Waals surface area (Å²) in [6, 6.07) is 1.68. The fraction of sp³-hybridized carbons (Fsp3) is 0.143. The number of hydrogen-bond donors (Lipinski definition) is 2. The molecule has 5 nitrogen and oxygen atoms in total. The van der Waals surface area contributed by atoms with Crippen LogP contribution in [0.4, 0.5) is 11.5 Å². The van der Waals surface area contributed by atoms with E-state index in [0.717, 1.165) is 5.69 Å². The first-order valence-electron chi connectivity index (χ1n) is 3.55. The van der Waals surface area contributed by atoms with Crippen molar-refractivity contribution in [2.75, 3.05) is 11.5 Å². The number of hydrogen-bond acceptors (Lipinski definition) is 4. The van der Waals surface area contributed by atoms with Crippen molar-refractivity contribution in [2.45, 2.75) is 6.92 Å². The molecule has 0 amide bonds. The van der Waals surface area contributed by atoms with Gasteiger partial charge in [0.15, 0.2) is 5.65 Å². The lowest BCUT2D eigenvalue weighted by Crippen LogP contribution is -1.99. The van der Waals surface area contributed by atoms with Crippen molar-refractivity contribution in [1.29, 1.82) is 0 Å². The van der Waals surface area contributed by atoms with E-state index in [2.05, 4.69) is 10.1 Å². The molecule has 2 aromatic heterocycles. The summed E-state index contributed by atoms with van der Waals surface area (Å²) in [5, 5.41) is 4.12. The summed E-state index contributed by atoms with van der Waals surface area (Å²) in [7, 11) is 0. The number of aromatic nitrogens is 3. The molecular weight excluding hydrogens is 225 g/mol. The highest BCUT2D eigenvalue weighted by atomic mass is 35.5. The van der Waals surface area contributed by atoms with Crippen LogP contribution in [-0.2, 0) is 0 Å². The second kappa shape index (κ2) is 4.34. The minimum absolute atomic E-state index is 0. The van der Waals surface area contributed by atoms with Gasteiger partial charge >= 0.3 is 0 Å². The summed E-state index contributed by atoms with van der Waals surface area (Å²) in [6.45, 7) is 1.82. The van der Waals surface area contributed by atoms with Gasteiger partial charge in [-0.1, -0.05) is 0 Å². The Balaban J connectivity index is 0.000000845. The molecule has 14 heavy (non-hydrogen) atoms. The van der Waals surface area contributed by atoms with E-state index < -0.39 is 0 Å². The van der Waals surface area contributed by atoms with Crippen LogP contribution >= 0.6 is 24.8 Å². The van der Waals surface area contributed by atoms with Crippen molar-refractivity contribution in [3.8, 4) is 0 Å². The minimum Gasteiger partial charge on any atom is -0.394 e. The summed E-state index contributed by atoms with van der Waals surface area (Å²) in [4.78, 5) is 4.06. The number of nitrogens with zero attached hydrogens (tertiary/aromatic N) is 3. The van der Waals surface area contributed by atoms with Gasteiger partial charge in [0.05, 0.1) is 5.69 Å². The van der Waals surface area contributed by atoms with E-state index in [-0.39, 0.29) is 24.8 Å². The van der Waals surface area contributed by atoms with Gasteiger partial charge in [0.25, 0.3) is 0 Å². The van der Waals surface area contributed by atoms with Crippen LogP contribution < -0.4 is 11.5 Å². The number of anilines is 2. The first-order valence-corrected chi connectivity index (χ1v) is 3.55. The molecule has 0 saturated heterocycles. The van der Waals surface area contributed by atoms with Crippen LogP contribution in [0.25, 0.3) is 5.65 Å². The average Bonchev–Trinajstić information content (AvgIpc) is 2.32. The van der Waals surface area contributed by atoms with E-state index in [1.165, 1.54) is 4.52 Å². The summed E-state index contributed by atoms with van der Waals surface area (Å²) in [5.74, 6) is 0.541. The predicted octanol–water partition coefficient (Wildman–Crippen LogP) is 1.05. The van der Waals surface area contributed by atoms with Gasteiger partial charge in [0.2, 0.25) is 0 Å². The smallest absolute Gasteiger partial charge is 0.180 e. The van der Waals surface area contributed by atoms with Gasteiger partial charge in [-0.05, 0) is 13.0 Å². The Bertz CT molecular complexity index is 439. The van der Waals surface area contributed by atoms with Gasteiger partial charge in [-0.3, -0.25) is 0 Å². The van der Waals surface area contributed by atoms with Gasteiger partial charge < -0.3 is 11.5 Å². The summed E-state index contributed by atoms with van der Waals surface area (Å²) < 4.78 is 1.53. The Labute approximate surface area is 93.3 Å². The van der Waals surface area contributed by atoms with Crippen LogP contribution in [0, 0.1) is 6.92 Å². The minimum atomic E-state index is 0. The quantitative estimate of drug-likeness (QED) is 0.716. The Morgan fingerprint density at radius 2 is 1.93 bits per heavy atom. The van der Waals surface area contributed by atoms with Gasteiger partial charge in [-0.2, -0.15) is 9.61 Å². The van der Waals surface area contributed by atoms with Gasteiger partial charge in [-0.15, -0.1) is 24.8 Å². The third-order valence-electron chi connectivity index (χ3n) is 1.77. The topological polar surface area (TPSA) is 82.2 Å². The van der Waals surface area contributed by atoms with Crippen LogP contribution in [0.1, 0.15) is 5.69 Å². The largest absolute Gasteiger partial charge is 0.394 e. The van der Waals surface area contributed by atoms with Crippen LogP contribution in [0.3, 0.4) is 0 Å². The molecule has 0 bridgehead atoms. The van der Waals surface area contributed by atoms with Crippen LogP contribution in [0.2, 0.25) is 0 Å². The molecule has 0 saturated carbocycles. The Kier molecular flexibility index (Phi) is 3.97. The van der Waals surface area contributed by atoms with Crippen molar-refractivity contribution < 1.29 is 0 Å². The van der Waals surface area contributed by atoms with Crippen molar-refractivity contribution >= 4 is 42.0 Å². The summed E-state index contributed by atoms with van der Waals surface area (Å²) in [6.07, 6.45) is 1.61. The van der Waals surface area contributed by atoms with E-state index in [9.17, 15) is 0 Å². The lowest BCUT2D eigenvalue weighted by Gasteiger charge is -1.95. The highest BCUT2D eigenvalue weighted by molar-refractivity contribution is 5.85. The summed E-state index contributed by atoms with van der Waals surface area (Å²) in [5.41, 5.74) is 13.3. The fourth-order valence-corrected chi connectivity index (χ4v) is 1.09. The standard InChI is InChI=1S/C7H9N5.2ClH/c1-4-6(9)7-10-3-2-5(8)12(7)11-4;;/h2-3H,8-9H2,1H3;2*1H. The normalized spacial score (nSPS) is 9.21. The molecule has 0 radical (unpaired) electrons. The molecule has 0 fully saturated rings. The first-order chi connectivity index (χ1) is 5.70. The second-order valence-corrected chi connectivity index (χ2v) is 2.60. The Morgan fingerprint density at radius 1 is 1.29 bits per heavy atom. The zero-order chi connectivity index (χ0) is 8.72. The molecule has 0 unspecified atom stereocenters. The van der Waals surface area contributed by atoms with E-state index in [4.69, 9.17) is 11.5 Å². The number of aryl methyl sites for hydroxylation is 1. The predicted molar refractivity (Wildman–Crippen MR) is 61.0 cm³/mol. The third kappa shape index (κ3) is 1.69. The zero-order valence-electron chi connectivity index (χ0n) is 7.47. The van der Waals surface area contributed by atoms with Gasteiger partial charge in [0.1, 0.15) is 11.5 Å².